The molecule has 0 bridgehead atoms. The quantitative estimate of drug-likeness (QED) is 0.649. The van der Waals surface area contributed by atoms with Gasteiger partial charge in [-0.25, -0.2) is 4.39 Å². The van der Waals surface area contributed by atoms with Crippen LogP contribution in [0.1, 0.15) is 43.7 Å². The second-order valence-corrected chi connectivity index (χ2v) is 6.24. The summed E-state index contributed by atoms with van der Waals surface area (Å²) < 4.78 is 13.4. The van der Waals surface area contributed by atoms with E-state index in [1.54, 1.807) is 12.1 Å². The molecule has 1 aliphatic carbocycles. The molecular formula is C17H27FN4. The Labute approximate surface area is 132 Å². The predicted molar refractivity (Wildman–Crippen MR) is 89.3 cm³/mol. The molecule has 0 amide bonds. The van der Waals surface area contributed by atoms with Gasteiger partial charge in [0.2, 0.25) is 0 Å². The van der Waals surface area contributed by atoms with E-state index in [1.165, 1.54) is 25.3 Å². The van der Waals surface area contributed by atoms with E-state index >= 15 is 0 Å². The SMILES string of the molecule is CN(C)C(CN=C(N)NC1CCCCC1)c1cccc(F)c1. The van der Waals surface area contributed by atoms with E-state index in [0.717, 1.165) is 18.4 Å². The first-order chi connectivity index (χ1) is 10.6. The van der Waals surface area contributed by atoms with Crippen LogP contribution in [0.25, 0.3) is 0 Å². The Balaban J connectivity index is 1.97. The van der Waals surface area contributed by atoms with Crippen molar-refractivity contribution in [2.24, 2.45) is 10.7 Å². The van der Waals surface area contributed by atoms with Gasteiger partial charge in [0, 0.05) is 6.04 Å². The summed E-state index contributed by atoms with van der Waals surface area (Å²) in [6, 6.07) is 7.14. The van der Waals surface area contributed by atoms with Gasteiger partial charge in [0.25, 0.3) is 0 Å². The van der Waals surface area contributed by atoms with E-state index in [2.05, 4.69) is 10.3 Å². The zero-order valence-electron chi connectivity index (χ0n) is 13.6. The van der Waals surface area contributed by atoms with Crippen molar-refractivity contribution in [3.05, 3.63) is 35.6 Å². The van der Waals surface area contributed by atoms with Gasteiger partial charge in [0.1, 0.15) is 5.82 Å². The number of hydrogen-bond donors (Lipinski definition) is 2. The van der Waals surface area contributed by atoms with Crippen molar-refractivity contribution < 1.29 is 4.39 Å². The Morgan fingerprint density at radius 3 is 2.73 bits per heavy atom. The molecule has 5 heteroatoms. The Morgan fingerprint density at radius 2 is 2.09 bits per heavy atom. The summed E-state index contributed by atoms with van der Waals surface area (Å²) >= 11 is 0. The summed E-state index contributed by atoms with van der Waals surface area (Å²) in [5, 5.41) is 3.31. The van der Waals surface area contributed by atoms with Crippen molar-refractivity contribution >= 4 is 5.96 Å². The van der Waals surface area contributed by atoms with Crippen LogP contribution in [0.3, 0.4) is 0 Å². The fraction of sp³-hybridized carbons (Fsp3) is 0.588. The normalized spacial score (nSPS) is 18.5. The Morgan fingerprint density at radius 1 is 1.36 bits per heavy atom. The molecule has 22 heavy (non-hydrogen) atoms. The van der Waals surface area contributed by atoms with Crippen molar-refractivity contribution in [2.45, 2.75) is 44.2 Å². The van der Waals surface area contributed by atoms with E-state index in [9.17, 15) is 4.39 Å². The Bertz CT molecular complexity index is 495. The number of nitrogens with zero attached hydrogens (tertiary/aromatic N) is 2. The van der Waals surface area contributed by atoms with Gasteiger partial charge in [-0.15, -0.1) is 0 Å². The first-order valence-corrected chi connectivity index (χ1v) is 8.04. The van der Waals surface area contributed by atoms with Gasteiger partial charge in [-0.1, -0.05) is 31.4 Å². The second-order valence-electron chi connectivity index (χ2n) is 6.24. The molecule has 0 heterocycles. The minimum absolute atomic E-state index is 0.0161. The summed E-state index contributed by atoms with van der Waals surface area (Å²) in [7, 11) is 3.94. The van der Waals surface area contributed by atoms with Crippen molar-refractivity contribution in [3.63, 3.8) is 0 Å². The maximum Gasteiger partial charge on any atom is 0.188 e. The lowest BCUT2D eigenvalue weighted by Crippen LogP contribution is -2.41. The number of nitrogens with two attached hydrogens (primary N) is 1. The molecule has 0 aromatic heterocycles. The van der Waals surface area contributed by atoms with E-state index in [-0.39, 0.29) is 11.9 Å². The van der Waals surface area contributed by atoms with Gasteiger partial charge in [-0.3, -0.25) is 4.99 Å². The van der Waals surface area contributed by atoms with Crippen LogP contribution in [0.2, 0.25) is 0 Å². The van der Waals surface area contributed by atoms with E-state index in [1.807, 2.05) is 25.1 Å². The van der Waals surface area contributed by atoms with Crippen LogP contribution in [0.5, 0.6) is 0 Å². The number of halogens is 1. The molecule has 122 valence electrons. The number of benzene rings is 1. The molecule has 1 aromatic rings. The van der Waals surface area contributed by atoms with Crippen LogP contribution in [-0.2, 0) is 0 Å². The smallest absolute Gasteiger partial charge is 0.188 e. The summed E-state index contributed by atoms with van der Waals surface area (Å²) in [5.74, 6) is 0.275. The molecule has 1 fully saturated rings. The zero-order valence-corrected chi connectivity index (χ0v) is 13.6. The van der Waals surface area contributed by atoms with Gasteiger partial charge in [0.05, 0.1) is 12.6 Å². The maximum atomic E-state index is 13.4. The van der Waals surface area contributed by atoms with Crippen LogP contribution >= 0.6 is 0 Å². The number of nitrogens with one attached hydrogen (secondary N) is 1. The Kier molecular flexibility index (Phi) is 6.19. The van der Waals surface area contributed by atoms with E-state index in [0.29, 0.717) is 18.5 Å². The standard InChI is InChI=1S/C17H27FN4/c1-22(2)16(13-7-6-8-14(18)11-13)12-20-17(19)21-15-9-4-3-5-10-15/h6-8,11,15-16H,3-5,9-10,12H2,1-2H3,(H3,19,20,21). The number of hydrogen-bond acceptors (Lipinski definition) is 2. The number of likely N-dealkylation sites (N-methyl/N-ethyl adjacent to an activating group) is 1. The lowest BCUT2D eigenvalue weighted by molar-refractivity contribution is 0.305. The van der Waals surface area contributed by atoms with Gasteiger partial charge in [-0.2, -0.15) is 0 Å². The van der Waals surface area contributed by atoms with Crippen LogP contribution in [0, 0.1) is 5.82 Å². The molecule has 0 spiro atoms. The first-order valence-electron chi connectivity index (χ1n) is 8.04. The topological polar surface area (TPSA) is 53.6 Å². The fourth-order valence-corrected chi connectivity index (χ4v) is 2.97. The lowest BCUT2D eigenvalue weighted by Gasteiger charge is -2.25. The van der Waals surface area contributed by atoms with Gasteiger partial charge < -0.3 is 16.0 Å². The highest BCUT2D eigenvalue weighted by molar-refractivity contribution is 5.78. The van der Waals surface area contributed by atoms with Crippen LogP contribution in [0.15, 0.2) is 29.3 Å². The number of aliphatic imine (C=N–C) groups is 1. The van der Waals surface area contributed by atoms with E-state index in [4.69, 9.17) is 5.73 Å². The van der Waals surface area contributed by atoms with Gasteiger partial charge in [0.15, 0.2) is 5.96 Å². The molecule has 0 radical (unpaired) electrons. The van der Waals surface area contributed by atoms with Crippen molar-refractivity contribution in [3.8, 4) is 0 Å². The molecule has 1 aromatic carbocycles. The highest BCUT2D eigenvalue weighted by Gasteiger charge is 2.16. The highest BCUT2D eigenvalue weighted by atomic mass is 19.1. The second kappa shape index (κ2) is 8.13. The molecule has 1 atom stereocenters. The molecule has 3 N–H and O–H groups in total. The monoisotopic (exact) mass is 306 g/mol. The van der Waals surface area contributed by atoms with E-state index < -0.39 is 0 Å². The molecule has 4 nitrogen and oxygen atoms in total. The first kappa shape index (κ1) is 16.7. The van der Waals surface area contributed by atoms with Crippen molar-refractivity contribution in [2.75, 3.05) is 20.6 Å². The third kappa shape index (κ3) is 4.98. The van der Waals surface area contributed by atoms with Crippen LogP contribution in [-0.4, -0.2) is 37.5 Å². The zero-order chi connectivity index (χ0) is 15.9. The minimum atomic E-state index is -0.221. The highest BCUT2D eigenvalue weighted by Crippen LogP contribution is 2.20. The molecular weight excluding hydrogens is 279 g/mol. The van der Waals surface area contributed by atoms with Crippen LogP contribution < -0.4 is 11.1 Å². The third-order valence-corrected chi connectivity index (χ3v) is 4.25. The molecule has 1 aliphatic rings. The summed E-state index contributed by atoms with van der Waals surface area (Å²) in [6.07, 6.45) is 6.16. The molecule has 0 aliphatic heterocycles. The molecule has 0 saturated heterocycles. The molecule has 1 saturated carbocycles. The van der Waals surface area contributed by atoms with Gasteiger partial charge >= 0.3 is 0 Å². The largest absolute Gasteiger partial charge is 0.370 e. The summed E-state index contributed by atoms with van der Waals surface area (Å²) in [6.45, 7) is 0.516. The van der Waals surface area contributed by atoms with Gasteiger partial charge in [-0.05, 0) is 44.6 Å². The minimum Gasteiger partial charge on any atom is -0.370 e. The maximum absolute atomic E-state index is 13.4. The fourth-order valence-electron chi connectivity index (χ4n) is 2.97. The summed E-state index contributed by atoms with van der Waals surface area (Å²) in [5.41, 5.74) is 6.92. The average molecular weight is 306 g/mol. The summed E-state index contributed by atoms with van der Waals surface area (Å²) in [4.78, 5) is 6.50. The Hall–Kier alpha value is -1.62. The van der Waals surface area contributed by atoms with Crippen molar-refractivity contribution in [1.82, 2.24) is 10.2 Å². The third-order valence-electron chi connectivity index (χ3n) is 4.25. The average Bonchev–Trinajstić information content (AvgIpc) is 2.48. The lowest BCUT2D eigenvalue weighted by atomic mass is 9.96. The number of rotatable bonds is 5. The number of guanidine groups is 1. The molecule has 2 rings (SSSR count). The van der Waals surface area contributed by atoms with Crippen molar-refractivity contribution in [1.29, 1.82) is 0 Å². The molecule has 1 unspecified atom stereocenters. The predicted octanol–water partition coefficient (Wildman–Crippen LogP) is 2.67. The van der Waals surface area contributed by atoms with Crippen LogP contribution in [0.4, 0.5) is 4.39 Å².